The Hall–Kier alpha value is -3.09. The van der Waals surface area contributed by atoms with E-state index in [1.807, 2.05) is 72.0 Å². The summed E-state index contributed by atoms with van der Waals surface area (Å²) in [5.74, 6) is 1.64. The Kier molecular flexibility index (Phi) is 15.6. The Morgan fingerprint density at radius 2 is 1.58 bits per heavy atom. The number of anilines is 1. The molecule has 1 unspecified atom stereocenters. The third-order valence-electron chi connectivity index (χ3n) is 6.28. The SMILES string of the molecule is Cc1ccc(NSc2ccc(OCCc3ccc(CCCCPCC(C)(C)C(=O)OC(C)(C)C)cc3)cc2)nc1.O=CO. The summed E-state index contributed by atoms with van der Waals surface area (Å²) in [6.07, 6.45) is 8.26. The van der Waals surface area contributed by atoms with E-state index < -0.39 is 11.0 Å². The lowest BCUT2D eigenvalue weighted by Crippen LogP contribution is -2.35. The van der Waals surface area contributed by atoms with E-state index >= 15 is 0 Å². The third kappa shape index (κ3) is 15.3. The first-order chi connectivity index (χ1) is 20.4. The molecule has 0 amide bonds. The van der Waals surface area contributed by atoms with Crippen molar-refractivity contribution >= 4 is 38.8 Å². The first-order valence-electron chi connectivity index (χ1n) is 14.6. The van der Waals surface area contributed by atoms with Gasteiger partial charge in [-0.15, -0.1) is 8.58 Å². The third-order valence-corrected chi connectivity index (χ3v) is 8.94. The zero-order chi connectivity index (χ0) is 31.7. The molecule has 9 heteroatoms. The van der Waals surface area contributed by atoms with Crippen molar-refractivity contribution in [3.05, 3.63) is 83.6 Å². The van der Waals surface area contributed by atoms with Crippen LogP contribution in [0.25, 0.3) is 0 Å². The van der Waals surface area contributed by atoms with Crippen LogP contribution in [-0.2, 0) is 27.2 Å². The normalized spacial score (nSPS) is 11.5. The number of rotatable bonds is 15. The topological polar surface area (TPSA) is 97.8 Å². The second-order valence-corrected chi connectivity index (χ2v) is 14.2. The molecule has 0 aliphatic carbocycles. The molecule has 0 spiro atoms. The van der Waals surface area contributed by atoms with Crippen molar-refractivity contribution in [3.8, 4) is 5.75 Å². The number of pyridine rings is 1. The standard InChI is InChI=1S/C33H45N2O3PS.CH2O2/c1-25-10-19-30(34-23-25)35-40-29-17-15-28(16-18-29)37-21-20-27-13-11-26(12-14-27)9-7-8-22-39-24-33(5,6)31(36)38-32(2,3)4;2-1-3/h10-19,23,39H,7-9,20-22,24H2,1-6H3,(H,34,35);1H,(H,2,3). The number of aromatic nitrogens is 1. The van der Waals surface area contributed by atoms with E-state index in [0.29, 0.717) is 6.61 Å². The van der Waals surface area contributed by atoms with E-state index in [4.69, 9.17) is 19.4 Å². The molecule has 0 saturated heterocycles. The van der Waals surface area contributed by atoms with Crippen LogP contribution in [0.5, 0.6) is 5.75 Å². The molecule has 0 aliphatic rings. The first-order valence-corrected chi connectivity index (χ1v) is 16.8. The van der Waals surface area contributed by atoms with Gasteiger partial charge in [0.25, 0.3) is 6.47 Å². The Labute approximate surface area is 263 Å². The molecule has 1 heterocycles. The van der Waals surface area contributed by atoms with Gasteiger partial charge in [0.15, 0.2) is 0 Å². The molecule has 3 aromatic rings. The molecule has 7 nitrogen and oxygen atoms in total. The Balaban J connectivity index is 0.00000206. The van der Waals surface area contributed by atoms with Crippen LogP contribution in [0.4, 0.5) is 5.82 Å². The summed E-state index contributed by atoms with van der Waals surface area (Å²) >= 11 is 1.54. The molecule has 0 saturated carbocycles. The number of carboxylic acid groups (broad SMARTS) is 1. The maximum atomic E-state index is 12.4. The quantitative estimate of drug-likeness (QED) is 0.0573. The molecule has 234 valence electrons. The lowest BCUT2D eigenvalue weighted by Gasteiger charge is -2.28. The van der Waals surface area contributed by atoms with Crippen molar-refractivity contribution in [2.45, 2.75) is 77.7 Å². The average Bonchev–Trinajstić information content (AvgIpc) is 2.95. The van der Waals surface area contributed by atoms with E-state index in [1.165, 1.54) is 42.1 Å². The molecular formula is C34H47N2O5PS. The minimum absolute atomic E-state index is 0.0879. The van der Waals surface area contributed by atoms with E-state index in [2.05, 4.69) is 46.1 Å². The van der Waals surface area contributed by atoms with Crippen LogP contribution in [0.1, 0.15) is 64.2 Å². The molecular weight excluding hydrogens is 579 g/mol. The molecule has 43 heavy (non-hydrogen) atoms. The fourth-order valence-corrected chi connectivity index (χ4v) is 5.93. The summed E-state index contributed by atoms with van der Waals surface area (Å²) in [5, 5.41) is 6.89. The van der Waals surface area contributed by atoms with Crippen LogP contribution >= 0.6 is 20.5 Å². The molecule has 0 fully saturated rings. The average molecular weight is 627 g/mol. The highest BCUT2D eigenvalue weighted by Gasteiger charge is 2.31. The number of hydrogen-bond acceptors (Lipinski definition) is 7. The molecule has 2 aromatic carbocycles. The van der Waals surface area contributed by atoms with Crippen molar-refractivity contribution in [3.63, 3.8) is 0 Å². The number of ether oxygens (including phenoxy) is 2. The van der Waals surface area contributed by atoms with Crippen LogP contribution in [0, 0.1) is 12.3 Å². The lowest BCUT2D eigenvalue weighted by atomic mass is 9.96. The van der Waals surface area contributed by atoms with Gasteiger partial charge in [-0.2, -0.15) is 0 Å². The van der Waals surface area contributed by atoms with Gasteiger partial charge in [0, 0.05) is 17.5 Å². The molecule has 1 aromatic heterocycles. The predicted molar refractivity (Wildman–Crippen MR) is 180 cm³/mol. The summed E-state index contributed by atoms with van der Waals surface area (Å²) in [4.78, 5) is 26.2. The minimum Gasteiger partial charge on any atom is -0.493 e. The van der Waals surface area contributed by atoms with Crippen molar-refractivity contribution in [2.24, 2.45) is 5.41 Å². The van der Waals surface area contributed by atoms with Gasteiger partial charge in [-0.05, 0) is 132 Å². The number of nitrogens with one attached hydrogen (secondary N) is 1. The van der Waals surface area contributed by atoms with Crippen LogP contribution in [0.15, 0.2) is 71.8 Å². The Morgan fingerprint density at radius 3 is 2.16 bits per heavy atom. The van der Waals surface area contributed by atoms with Gasteiger partial charge in [0.1, 0.15) is 17.2 Å². The van der Waals surface area contributed by atoms with Crippen LogP contribution in [0.3, 0.4) is 0 Å². The van der Waals surface area contributed by atoms with Gasteiger partial charge in [-0.25, -0.2) is 4.98 Å². The van der Waals surface area contributed by atoms with Gasteiger partial charge in [0.05, 0.1) is 12.0 Å². The number of hydrogen-bond donors (Lipinski definition) is 2. The molecule has 1 atom stereocenters. The molecule has 0 bridgehead atoms. The number of esters is 1. The molecule has 3 rings (SSSR count). The number of aryl methyl sites for hydroxylation is 2. The van der Waals surface area contributed by atoms with Crippen LogP contribution in [-0.4, -0.2) is 47.1 Å². The fourth-order valence-electron chi connectivity index (χ4n) is 3.87. The molecule has 0 radical (unpaired) electrons. The van der Waals surface area contributed by atoms with Crippen molar-refractivity contribution in [1.82, 2.24) is 4.98 Å². The van der Waals surface area contributed by atoms with Crippen molar-refractivity contribution in [2.75, 3.05) is 23.7 Å². The lowest BCUT2D eigenvalue weighted by molar-refractivity contribution is -0.164. The summed E-state index contributed by atoms with van der Waals surface area (Å²) in [5.41, 5.74) is 2.98. The summed E-state index contributed by atoms with van der Waals surface area (Å²) in [6, 6.07) is 21.1. The predicted octanol–water partition coefficient (Wildman–Crippen LogP) is 8.20. The largest absolute Gasteiger partial charge is 0.493 e. The zero-order valence-corrected chi connectivity index (χ0v) is 28.1. The maximum Gasteiger partial charge on any atom is 0.312 e. The number of benzene rings is 2. The zero-order valence-electron chi connectivity index (χ0n) is 26.3. The van der Waals surface area contributed by atoms with Gasteiger partial charge < -0.3 is 19.3 Å². The van der Waals surface area contributed by atoms with Gasteiger partial charge in [-0.3, -0.25) is 9.59 Å². The monoisotopic (exact) mass is 626 g/mol. The first kappa shape index (κ1) is 36.1. The van der Waals surface area contributed by atoms with Gasteiger partial charge >= 0.3 is 5.97 Å². The molecule has 0 aliphatic heterocycles. The number of carbonyl (C=O) groups is 2. The Bertz CT molecular complexity index is 1230. The highest BCUT2D eigenvalue weighted by molar-refractivity contribution is 8.00. The summed E-state index contributed by atoms with van der Waals surface area (Å²) in [6.45, 7) is 12.2. The van der Waals surface area contributed by atoms with E-state index in [9.17, 15) is 4.79 Å². The summed E-state index contributed by atoms with van der Waals surface area (Å²) in [7, 11) is 0.787. The highest BCUT2D eigenvalue weighted by atomic mass is 32.2. The van der Waals surface area contributed by atoms with Gasteiger partial charge in [-0.1, -0.05) is 30.3 Å². The number of carbonyl (C=O) groups excluding carboxylic acids is 1. The van der Waals surface area contributed by atoms with E-state index in [1.54, 1.807) is 0 Å². The summed E-state index contributed by atoms with van der Waals surface area (Å²) < 4.78 is 14.8. The van der Waals surface area contributed by atoms with Crippen molar-refractivity contribution < 1.29 is 24.2 Å². The maximum absolute atomic E-state index is 12.4. The Morgan fingerprint density at radius 1 is 0.953 bits per heavy atom. The smallest absolute Gasteiger partial charge is 0.312 e. The van der Waals surface area contributed by atoms with Crippen molar-refractivity contribution in [1.29, 1.82) is 0 Å². The fraction of sp³-hybridized carbons (Fsp3) is 0.441. The minimum atomic E-state index is -0.426. The van der Waals surface area contributed by atoms with E-state index in [0.717, 1.165) is 49.6 Å². The second kappa shape index (κ2) is 18.5. The highest BCUT2D eigenvalue weighted by Crippen LogP contribution is 2.30. The number of nitrogens with zero attached hydrogens (tertiary/aromatic N) is 1. The number of unbranched alkanes of at least 4 members (excludes halogenated alkanes) is 1. The van der Waals surface area contributed by atoms with E-state index in [-0.39, 0.29) is 12.4 Å². The second-order valence-electron chi connectivity index (χ2n) is 11.9. The molecule has 2 N–H and O–H groups in total. The van der Waals surface area contributed by atoms with Gasteiger partial charge in [0.2, 0.25) is 0 Å². The van der Waals surface area contributed by atoms with Crippen LogP contribution < -0.4 is 9.46 Å². The van der Waals surface area contributed by atoms with Crippen LogP contribution in [0.2, 0.25) is 0 Å².